The quantitative estimate of drug-likeness (QED) is 0.435. The maximum Gasteiger partial charge on any atom is 0.240 e. The Bertz CT molecular complexity index is 934. The number of sulfonamides is 1. The fraction of sp³-hybridized carbons (Fsp3) is 0.350. The highest BCUT2D eigenvalue weighted by atomic mass is 35.5. The summed E-state index contributed by atoms with van der Waals surface area (Å²) in [5.41, 5.74) is 1.45. The minimum atomic E-state index is -3.71. The zero-order chi connectivity index (χ0) is 21.4. The Kier molecular flexibility index (Phi) is 8.67. The van der Waals surface area contributed by atoms with E-state index in [0.29, 0.717) is 17.3 Å². The number of carbonyl (C=O) groups is 1. The van der Waals surface area contributed by atoms with Gasteiger partial charge in [0, 0.05) is 16.5 Å². The van der Waals surface area contributed by atoms with Crippen LogP contribution in [0.2, 0.25) is 5.02 Å². The highest BCUT2D eigenvalue weighted by Crippen LogP contribution is 2.32. The number of benzene rings is 2. The second-order valence-corrected chi connectivity index (χ2v) is 9.96. The zero-order valence-electron chi connectivity index (χ0n) is 16.6. The van der Waals surface area contributed by atoms with E-state index in [1.807, 2.05) is 6.92 Å². The van der Waals surface area contributed by atoms with Gasteiger partial charge < -0.3 is 10.1 Å². The van der Waals surface area contributed by atoms with Gasteiger partial charge in [0.15, 0.2) is 0 Å². The molecule has 2 aromatic rings. The molecule has 0 unspecified atom stereocenters. The van der Waals surface area contributed by atoms with Crippen LogP contribution in [0.4, 0.5) is 5.69 Å². The monoisotopic (exact) mass is 456 g/mol. The summed E-state index contributed by atoms with van der Waals surface area (Å²) in [6.45, 7) is 2.16. The van der Waals surface area contributed by atoms with Gasteiger partial charge in [-0.2, -0.15) is 0 Å². The molecule has 158 valence electrons. The van der Waals surface area contributed by atoms with Crippen molar-refractivity contribution in [3.63, 3.8) is 0 Å². The predicted octanol–water partition coefficient (Wildman–Crippen LogP) is 3.72. The Morgan fingerprint density at radius 3 is 2.52 bits per heavy atom. The summed E-state index contributed by atoms with van der Waals surface area (Å²) < 4.78 is 30.7. The molecule has 0 aliphatic rings. The number of nitrogens with zero attached hydrogens (tertiary/aromatic N) is 1. The van der Waals surface area contributed by atoms with Crippen molar-refractivity contribution in [2.75, 3.05) is 36.5 Å². The van der Waals surface area contributed by atoms with Crippen LogP contribution >= 0.6 is 23.4 Å². The molecule has 0 saturated carbocycles. The van der Waals surface area contributed by atoms with Gasteiger partial charge in [-0.15, -0.1) is 11.8 Å². The molecule has 0 fully saturated rings. The molecule has 0 heterocycles. The number of carbonyl (C=O) groups excluding carboxylic acids is 1. The third-order valence-electron chi connectivity index (χ3n) is 4.03. The molecule has 9 heteroatoms. The Labute approximate surface area is 181 Å². The Hall–Kier alpha value is -1.90. The van der Waals surface area contributed by atoms with Crippen molar-refractivity contribution in [1.82, 2.24) is 5.32 Å². The maximum absolute atomic E-state index is 12.3. The Morgan fingerprint density at radius 1 is 1.21 bits per heavy atom. The first-order chi connectivity index (χ1) is 13.7. The second-order valence-electron chi connectivity index (χ2n) is 6.45. The van der Waals surface area contributed by atoms with E-state index in [9.17, 15) is 13.2 Å². The Morgan fingerprint density at radius 2 is 1.90 bits per heavy atom. The average Bonchev–Trinajstić information content (AvgIpc) is 2.66. The SMILES string of the molecule is COc1ccc(Cl)cc1N(CC(=O)NCCCSc1ccc(C)cc1)S(C)(=O)=O. The number of thioether (sulfide) groups is 1. The van der Waals surface area contributed by atoms with Gasteiger partial charge >= 0.3 is 0 Å². The average molecular weight is 457 g/mol. The molecule has 29 heavy (non-hydrogen) atoms. The zero-order valence-corrected chi connectivity index (χ0v) is 19.0. The predicted molar refractivity (Wildman–Crippen MR) is 120 cm³/mol. The molecule has 0 aliphatic carbocycles. The largest absolute Gasteiger partial charge is 0.495 e. The lowest BCUT2D eigenvalue weighted by Gasteiger charge is -2.24. The summed E-state index contributed by atoms with van der Waals surface area (Å²) in [4.78, 5) is 13.5. The molecule has 1 amide bonds. The lowest BCUT2D eigenvalue weighted by Crippen LogP contribution is -2.40. The molecule has 0 atom stereocenters. The van der Waals surface area contributed by atoms with Crippen molar-refractivity contribution >= 4 is 45.0 Å². The molecule has 0 bridgehead atoms. The topological polar surface area (TPSA) is 75.7 Å². The molecule has 6 nitrogen and oxygen atoms in total. The molecule has 0 aromatic heterocycles. The molecule has 2 aromatic carbocycles. The third kappa shape index (κ3) is 7.45. The van der Waals surface area contributed by atoms with E-state index in [1.165, 1.54) is 23.6 Å². The van der Waals surface area contributed by atoms with E-state index in [-0.39, 0.29) is 12.2 Å². The van der Waals surface area contributed by atoms with Gasteiger partial charge in [0.25, 0.3) is 0 Å². The van der Waals surface area contributed by atoms with E-state index in [0.717, 1.165) is 22.7 Å². The summed E-state index contributed by atoms with van der Waals surface area (Å²) in [7, 11) is -2.28. The van der Waals surface area contributed by atoms with E-state index in [1.54, 1.807) is 23.9 Å². The van der Waals surface area contributed by atoms with Gasteiger partial charge in [-0.25, -0.2) is 8.42 Å². The number of ether oxygens (including phenoxy) is 1. The smallest absolute Gasteiger partial charge is 0.240 e. The van der Waals surface area contributed by atoms with E-state index >= 15 is 0 Å². The molecule has 0 spiro atoms. The number of methoxy groups -OCH3 is 1. The van der Waals surface area contributed by atoms with Crippen LogP contribution in [0.1, 0.15) is 12.0 Å². The van der Waals surface area contributed by atoms with Crippen molar-refractivity contribution in [3.05, 3.63) is 53.1 Å². The van der Waals surface area contributed by atoms with Crippen molar-refractivity contribution in [1.29, 1.82) is 0 Å². The highest BCUT2D eigenvalue weighted by Gasteiger charge is 2.24. The van der Waals surface area contributed by atoms with Gasteiger partial charge in [0.2, 0.25) is 15.9 Å². The number of amides is 1. The summed E-state index contributed by atoms with van der Waals surface area (Å²) in [6, 6.07) is 12.9. The van der Waals surface area contributed by atoms with Gasteiger partial charge in [-0.1, -0.05) is 29.3 Å². The normalized spacial score (nSPS) is 11.2. The van der Waals surface area contributed by atoms with E-state index < -0.39 is 15.9 Å². The number of aryl methyl sites for hydroxylation is 1. The van der Waals surface area contributed by atoms with Crippen LogP contribution in [-0.4, -0.2) is 46.5 Å². The van der Waals surface area contributed by atoms with Crippen LogP contribution < -0.4 is 14.4 Å². The lowest BCUT2D eigenvalue weighted by molar-refractivity contribution is -0.119. The first-order valence-corrected chi connectivity index (χ1v) is 12.2. The van der Waals surface area contributed by atoms with Crippen molar-refractivity contribution in [2.45, 2.75) is 18.2 Å². The van der Waals surface area contributed by atoms with Gasteiger partial charge in [0.05, 0.1) is 19.1 Å². The summed E-state index contributed by atoms with van der Waals surface area (Å²) >= 11 is 7.72. The minimum Gasteiger partial charge on any atom is -0.495 e. The number of nitrogens with one attached hydrogen (secondary N) is 1. The van der Waals surface area contributed by atoms with Gasteiger partial charge in [-0.05, 0) is 49.4 Å². The van der Waals surface area contributed by atoms with Crippen LogP contribution in [0.3, 0.4) is 0 Å². The number of anilines is 1. The number of rotatable bonds is 10. The fourth-order valence-electron chi connectivity index (χ4n) is 2.55. The highest BCUT2D eigenvalue weighted by molar-refractivity contribution is 7.99. The first kappa shape index (κ1) is 23.4. The molecule has 2 rings (SSSR count). The molecular weight excluding hydrogens is 432 g/mol. The van der Waals surface area contributed by atoms with Crippen molar-refractivity contribution < 1.29 is 17.9 Å². The van der Waals surface area contributed by atoms with Gasteiger partial charge in [-0.3, -0.25) is 9.10 Å². The standard InChI is InChI=1S/C20H25ClN2O4S2/c1-15-5-8-17(9-6-15)28-12-4-11-22-20(24)14-23(29(3,25)26)18-13-16(21)7-10-19(18)27-2/h5-10,13H,4,11-12,14H2,1-3H3,(H,22,24). The fourth-order valence-corrected chi connectivity index (χ4v) is 4.42. The molecular formula is C20H25ClN2O4S2. The molecule has 0 radical (unpaired) electrons. The van der Waals surface area contributed by atoms with Crippen LogP contribution in [0.15, 0.2) is 47.4 Å². The minimum absolute atomic E-state index is 0.229. The van der Waals surface area contributed by atoms with Crippen LogP contribution in [0.5, 0.6) is 5.75 Å². The molecule has 1 N–H and O–H groups in total. The number of hydrogen-bond acceptors (Lipinski definition) is 5. The number of halogens is 1. The van der Waals surface area contributed by atoms with Crippen molar-refractivity contribution in [3.8, 4) is 5.75 Å². The lowest BCUT2D eigenvalue weighted by atomic mass is 10.2. The summed E-state index contributed by atoms with van der Waals surface area (Å²) in [6.07, 6.45) is 1.81. The maximum atomic E-state index is 12.3. The van der Waals surface area contributed by atoms with E-state index in [4.69, 9.17) is 16.3 Å². The Balaban J connectivity index is 1.90. The van der Waals surface area contributed by atoms with Crippen LogP contribution in [0, 0.1) is 6.92 Å². The van der Waals surface area contributed by atoms with Gasteiger partial charge in [0.1, 0.15) is 12.3 Å². The van der Waals surface area contributed by atoms with Crippen LogP contribution in [0.25, 0.3) is 0 Å². The molecule has 0 aliphatic heterocycles. The van der Waals surface area contributed by atoms with Crippen molar-refractivity contribution in [2.24, 2.45) is 0 Å². The van der Waals surface area contributed by atoms with Crippen LogP contribution in [-0.2, 0) is 14.8 Å². The van der Waals surface area contributed by atoms with E-state index in [2.05, 4.69) is 29.6 Å². The summed E-state index contributed by atoms with van der Waals surface area (Å²) in [5.74, 6) is 0.779. The number of hydrogen-bond donors (Lipinski definition) is 1. The third-order valence-corrected chi connectivity index (χ3v) is 6.49. The first-order valence-electron chi connectivity index (χ1n) is 8.98. The summed E-state index contributed by atoms with van der Waals surface area (Å²) in [5, 5.41) is 3.12. The molecule has 0 saturated heterocycles. The second kappa shape index (κ2) is 10.8.